The first kappa shape index (κ1) is 20.5. The Morgan fingerprint density at radius 2 is 1.94 bits per heavy atom. The number of aromatic nitrogens is 3. The Labute approximate surface area is 179 Å². The molecule has 2 N–H and O–H groups in total. The maximum Gasteiger partial charge on any atom is 0.333 e. The van der Waals surface area contributed by atoms with Gasteiger partial charge in [0, 0.05) is 37.8 Å². The van der Waals surface area contributed by atoms with Gasteiger partial charge in [-0.05, 0) is 24.0 Å². The van der Waals surface area contributed by atoms with Gasteiger partial charge in [0.05, 0.1) is 26.0 Å². The zero-order valence-electron chi connectivity index (χ0n) is 17.5. The third kappa shape index (κ3) is 5.04. The highest BCUT2D eigenvalue weighted by molar-refractivity contribution is 5.99. The van der Waals surface area contributed by atoms with E-state index < -0.39 is 6.03 Å². The van der Waals surface area contributed by atoms with E-state index in [1.807, 2.05) is 31.2 Å². The topological polar surface area (TPSA) is 108 Å². The van der Waals surface area contributed by atoms with Gasteiger partial charge < -0.3 is 19.5 Å². The average molecular weight is 422 g/mol. The van der Waals surface area contributed by atoms with Gasteiger partial charge in [-0.25, -0.2) is 9.37 Å². The number of carbonyl (C=O) groups is 1. The second-order valence-electron chi connectivity index (χ2n) is 7.11. The molecule has 0 atom stereocenters. The molecule has 3 heterocycles. The first-order valence-corrected chi connectivity index (χ1v) is 9.88. The van der Waals surface area contributed by atoms with Crippen LogP contribution in [0.4, 0.5) is 33.6 Å². The zero-order chi connectivity index (χ0) is 21.8. The van der Waals surface area contributed by atoms with Crippen molar-refractivity contribution in [2.45, 2.75) is 13.8 Å². The van der Waals surface area contributed by atoms with Gasteiger partial charge in [0.1, 0.15) is 17.3 Å². The quantitative estimate of drug-likeness (QED) is 0.480. The van der Waals surface area contributed by atoms with E-state index in [1.54, 1.807) is 23.6 Å². The maximum absolute atomic E-state index is 12.2. The number of carbonyl (C=O) groups excluding carboxylic acids is 1. The molecule has 10 nitrogen and oxygen atoms in total. The minimum absolute atomic E-state index is 0.344. The largest absolute Gasteiger partial charge is 0.378 e. The van der Waals surface area contributed by atoms with Crippen molar-refractivity contribution in [3.63, 3.8) is 0 Å². The van der Waals surface area contributed by atoms with Crippen LogP contribution in [0, 0.1) is 13.8 Å². The number of benzene rings is 1. The van der Waals surface area contributed by atoms with Crippen LogP contribution >= 0.6 is 0 Å². The lowest BCUT2D eigenvalue weighted by Gasteiger charge is -2.27. The first-order chi connectivity index (χ1) is 15.0. The Kier molecular flexibility index (Phi) is 5.89. The SMILES string of the molecule is C=[N+](c1cccc(NC(=O)Nc2cc(C)on2)c1)c1cc(N2CCOCC2)nc(C)n1. The highest BCUT2D eigenvalue weighted by Gasteiger charge is 2.20. The van der Waals surface area contributed by atoms with E-state index in [4.69, 9.17) is 9.26 Å². The van der Waals surface area contributed by atoms with Crippen molar-refractivity contribution in [2.75, 3.05) is 41.8 Å². The summed E-state index contributed by atoms with van der Waals surface area (Å²) in [7, 11) is 0. The van der Waals surface area contributed by atoms with E-state index in [-0.39, 0.29) is 0 Å². The van der Waals surface area contributed by atoms with Crippen molar-refractivity contribution >= 4 is 41.6 Å². The van der Waals surface area contributed by atoms with Crippen molar-refractivity contribution in [1.82, 2.24) is 19.7 Å². The summed E-state index contributed by atoms with van der Waals surface area (Å²) < 4.78 is 12.1. The van der Waals surface area contributed by atoms with Gasteiger partial charge in [0.25, 0.3) is 0 Å². The number of hydrogen-bond acceptors (Lipinski definition) is 7. The molecule has 10 heteroatoms. The summed E-state index contributed by atoms with van der Waals surface area (Å²) in [5.41, 5.74) is 1.36. The van der Waals surface area contributed by atoms with E-state index in [0.717, 1.165) is 24.6 Å². The van der Waals surface area contributed by atoms with Crippen LogP contribution in [0.5, 0.6) is 0 Å². The van der Waals surface area contributed by atoms with Crippen molar-refractivity contribution in [3.05, 3.63) is 48.0 Å². The number of amides is 2. The molecule has 1 saturated heterocycles. The van der Waals surface area contributed by atoms with Gasteiger partial charge in [-0.2, -0.15) is 4.98 Å². The number of aryl methyl sites for hydroxylation is 2. The Bertz CT molecular complexity index is 1110. The van der Waals surface area contributed by atoms with Gasteiger partial charge in [-0.15, -0.1) is 0 Å². The summed E-state index contributed by atoms with van der Waals surface area (Å²) in [5, 5.41) is 9.15. The molecule has 1 aromatic carbocycles. The fourth-order valence-corrected chi connectivity index (χ4v) is 3.22. The molecular formula is C21H24N7O3+. The van der Waals surface area contributed by atoms with Crippen molar-refractivity contribution < 1.29 is 14.1 Å². The highest BCUT2D eigenvalue weighted by atomic mass is 16.5. The Morgan fingerprint density at radius 1 is 1.13 bits per heavy atom. The third-order valence-corrected chi connectivity index (χ3v) is 4.71. The lowest BCUT2D eigenvalue weighted by molar-refractivity contribution is 0.122. The molecule has 1 aliphatic heterocycles. The van der Waals surface area contributed by atoms with Crippen LogP contribution in [0.3, 0.4) is 0 Å². The molecule has 4 rings (SSSR count). The summed E-state index contributed by atoms with van der Waals surface area (Å²) in [6.07, 6.45) is 0. The van der Waals surface area contributed by atoms with E-state index in [1.165, 1.54) is 0 Å². The molecule has 0 bridgehead atoms. The molecule has 2 aromatic heterocycles. The average Bonchev–Trinajstić information content (AvgIpc) is 3.17. The molecule has 0 aliphatic carbocycles. The number of ether oxygens (including phenoxy) is 1. The second kappa shape index (κ2) is 8.92. The van der Waals surface area contributed by atoms with E-state index >= 15 is 0 Å². The van der Waals surface area contributed by atoms with Gasteiger partial charge >= 0.3 is 11.8 Å². The van der Waals surface area contributed by atoms with Crippen LogP contribution < -0.4 is 20.1 Å². The molecule has 0 unspecified atom stereocenters. The van der Waals surface area contributed by atoms with Gasteiger partial charge in [0.15, 0.2) is 5.82 Å². The minimum atomic E-state index is -0.423. The molecule has 3 aromatic rings. The summed E-state index contributed by atoms with van der Waals surface area (Å²) >= 11 is 0. The predicted molar refractivity (Wildman–Crippen MR) is 119 cm³/mol. The number of anilines is 3. The molecule has 1 fully saturated rings. The number of nitrogens with zero attached hydrogens (tertiary/aromatic N) is 5. The number of urea groups is 1. The van der Waals surface area contributed by atoms with E-state index in [0.29, 0.717) is 42.1 Å². The molecule has 0 spiro atoms. The molecule has 0 saturated carbocycles. The van der Waals surface area contributed by atoms with Gasteiger partial charge in [0.2, 0.25) is 5.82 Å². The smallest absolute Gasteiger partial charge is 0.333 e. The van der Waals surface area contributed by atoms with Crippen LogP contribution in [0.15, 0.2) is 40.9 Å². The monoisotopic (exact) mass is 422 g/mol. The number of hydrogen-bond donors (Lipinski definition) is 2. The van der Waals surface area contributed by atoms with Crippen molar-refractivity contribution in [3.8, 4) is 0 Å². The van der Waals surface area contributed by atoms with Crippen molar-refractivity contribution in [2.24, 2.45) is 0 Å². The third-order valence-electron chi connectivity index (χ3n) is 4.71. The molecule has 160 valence electrons. The number of nitrogens with one attached hydrogen (secondary N) is 2. The molecule has 31 heavy (non-hydrogen) atoms. The van der Waals surface area contributed by atoms with Crippen LogP contribution in [-0.2, 0) is 4.74 Å². The van der Waals surface area contributed by atoms with Gasteiger partial charge in [-0.3, -0.25) is 5.32 Å². The highest BCUT2D eigenvalue weighted by Crippen LogP contribution is 2.25. The standard InChI is InChI=1S/C21H23N7O3/c1-14-11-18(26-31-14)25-21(29)24-16-5-4-6-17(12-16)27(3)19-13-20(23-15(2)22-19)28-7-9-30-10-8-28/h4-6,11-13H,3,7-10H2,1-2H3,(H-,24,25,26,29)/p+1. The van der Waals surface area contributed by atoms with Crippen LogP contribution in [-0.4, -0.2) is 54.2 Å². The van der Waals surface area contributed by atoms with Gasteiger partial charge in [-0.1, -0.05) is 11.2 Å². The maximum atomic E-state index is 12.2. The summed E-state index contributed by atoms with van der Waals surface area (Å²) in [4.78, 5) is 23.5. The second-order valence-corrected chi connectivity index (χ2v) is 7.11. The fourth-order valence-electron chi connectivity index (χ4n) is 3.22. The van der Waals surface area contributed by atoms with Crippen LogP contribution in [0.2, 0.25) is 0 Å². The normalized spacial score (nSPS) is 13.7. The van der Waals surface area contributed by atoms with E-state index in [2.05, 4.69) is 37.4 Å². The molecular weight excluding hydrogens is 398 g/mol. The molecule has 0 radical (unpaired) electrons. The Morgan fingerprint density at radius 3 is 2.68 bits per heavy atom. The molecule has 1 aliphatic rings. The summed E-state index contributed by atoms with van der Waals surface area (Å²) in [5.74, 6) is 3.12. The predicted octanol–water partition coefficient (Wildman–Crippen LogP) is 3.10. The summed E-state index contributed by atoms with van der Waals surface area (Å²) in [6.45, 7) is 10.7. The number of rotatable bonds is 5. The zero-order valence-corrected chi connectivity index (χ0v) is 17.5. The van der Waals surface area contributed by atoms with Crippen LogP contribution in [0.25, 0.3) is 0 Å². The summed E-state index contributed by atoms with van der Waals surface area (Å²) in [6, 6.07) is 10.4. The van der Waals surface area contributed by atoms with Crippen molar-refractivity contribution in [1.29, 1.82) is 0 Å². The molecule has 2 amide bonds. The Hall–Kier alpha value is -3.79. The Balaban J connectivity index is 1.50. The minimum Gasteiger partial charge on any atom is -0.378 e. The lowest BCUT2D eigenvalue weighted by atomic mass is 10.2. The first-order valence-electron chi connectivity index (χ1n) is 9.88. The number of morpholine rings is 1. The lowest BCUT2D eigenvalue weighted by Crippen LogP contribution is -2.37. The van der Waals surface area contributed by atoms with Crippen LogP contribution in [0.1, 0.15) is 11.6 Å². The fraction of sp³-hybridized carbons (Fsp3) is 0.286. The van der Waals surface area contributed by atoms with E-state index in [9.17, 15) is 4.79 Å².